The lowest BCUT2D eigenvalue weighted by Gasteiger charge is -2.20. The summed E-state index contributed by atoms with van der Waals surface area (Å²) in [4.78, 5) is 22.2. The van der Waals surface area contributed by atoms with E-state index in [1.165, 1.54) is 12.1 Å². The number of nitrogens with zero attached hydrogens (tertiary/aromatic N) is 4. The van der Waals surface area contributed by atoms with Gasteiger partial charge in [0, 0.05) is 6.07 Å². The number of nitrogens with one attached hydrogen (secondary N) is 2. The molecule has 126 valence electrons. The standard InChI is InChI=1S/C17H16N6O2/c1-10(2)16(17-20-11-5-3-4-6-12(11)21-17)22-15-8-7-14(23(24)25)13(9-18)19-15/h3-8,10,16H,1-2H3,(H,19,22)(H,20,21)/t16-/m0/s1. The fourth-order valence-corrected chi connectivity index (χ4v) is 2.59. The van der Waals surface area contributed by atoms with Crippen molar-refractivity contribution in [2.24, 2.45) is 5.92 Å². The Kier molecular flexibility index (Phi) is 4.31. The molecule has 0 unspecified atom stereocenters. The molecule has 1 aromatic carbocycles. The number of benzene rings is 1. The number of hydrogen-bond donors (Lipinski definition) is 2. The Morgan fingerprint density at radius 3 is 2.64 bits per heavy atom. The highest BCUT2D eigenvalue weighted by molar-refractivity contribution is 5.75. The lowest BCUT2D eigenvalue weighted by Crippen LogP contribution is -2.19. The average molecular weight is 336 g/mol. The smallest absolute Gasteiger partial charge is 0.305 e. The fraction of sp³-hybridized carbons (Fsp3) is 0.235. The lowest BCUT2D eigenvalue weighted by atomic mass is 10.0. The van der Waals surface area contributed by atoms with Crippen molar-refractivity contribution in [3.05, 3.63) is 58.0 Å². The van der Waals surface area contributed by atoms with E-state index in [1.54, 1.807) is 6.07 Å². The van der Waals surface area contributed by atoms with E-state index in [1.807, 2.05) is 38.1 Å². The van der Waals surface area contributed by atoms with E-state index in [4.69, 9.17) is 5.26 Å². The largest absolute Gasteiger partial charge is 0.360 e. The molecule has 0 saturated carbocycles. The number of pyridine rings is 1. The maximum absolute atomic E-state index is 10.9. The summed E-state index contributed by atoms with van der Waals surface area (Å²) in [5, 5.41) is 23.2. The highest BCUT2D eigenvalue weighted by Gasteiger charge is 2.22. The number of aromatic amines is 1. The van der Waals surface area contributed by atoms with Crippen LogP contribution < -0.4 is 5.32 Å². The SMILES string of the molecule is CC(C)[C@H](Nc1ccc([N+](=O)[O-])c(C#N)n1)c1nc2ccccc2[nH]1. The summed E-state index contributed by atoms with van der Waals surface area (Å²) in [5.41, 5.74) is 1.26. The summed E-state index contributed by atoms with van der Waals surface area (Å²) in [7, 11) is 0. The number of fused-ring (bicyclic) bond motifs is 1. The van der Waals surface area contributed by atoms with Crippen LogP contribution in [0, 0.1) is 27.4 Å². The molecule has 1 atom stereocenters. The molecular weight excluding hydrogens is 320 g/mol. The average Bonchev–Trinajstić information content (AvgIpc) is 3.02. The molecule has 0 spiro atoms. The predicted octanol–water partition coefficient (Wildman–Crippen LogP) is 3.55. The van der Waals surface area contributed by atoms with Gasteiger partial charge < -0.3 is 10.3 Å². The number of aromatic nitrogens is 3. The minimum atomic E-state index is -0.617. The summed E-state index contributed by atoms with van der Waals surface area (Å²) < 4.78 is 0. The first-order valence-electron chi connectivity index (χ1n) is 7.76. The number of H-pyrrole nitrogens is 1. The third-order valence-corrected chi connectivity index (χ3v) is 3.85. The number of para-hydroxylation sites is 2. The van der Waals surface area contributed by atoms with Gasteiger partial charge in [-0.25, -0.2) is 9.97 Å². The van der Waals surface area contributed by atoms with E-state index in [-0.39, 0.29) is 23.3 Å². The van der Waals surface area contributed by atoms with Crippen LogP contribution in [0.15, 0.2) is 36.4 Å². The van der Waals surface area contributed by atoms with Crippen molar-refractivity contribution < 1.29 is 4.92 Å². The molecule has 25 heavy (non-hydrogen) atoms. The van der Waals surface area contributed by atoms with Crippen molar-refractivity contribution in [2.45, 2.75) is 19.9 Å². The highest BCUT2D eigenvalue weighted by atomic mass is 16.6. The summed E-state index contributed by atoms with van der Waals surface area (Å²) in [6.45, 7) is 4.06. The normalized spacial score (nSPS) is 12.1. The van der Waals surface area contributed by atoms with Crippen LogP contribution in [0.1, 0.15) is 31.4 Å². The van der Waals surface area contributed by atoms with E-state index in [0.717, 1.165) is 16.9 Å². The zero-order valence-corrected chi connectivity index (χ0v) is 13.7. The monoisotopic (exact) mass is 336 g/mol. The number of rotatable bonds is 5. The van der Waals surface area contributed by atoms with Gasteiger partial charge in [0.25, 0.3) is 0 Å². The Bertz CT molecular complexity index is 940. The molecule has 8 nitrogen and oxygen atoms in total. The second-order valence-corrected chi connectivity index (χ2v) is 5.94. The molecular formula is C17H16N6O2. The van der Waals surface area contributed by atoms with Crippen LogP contribution in [0.5, 0.6) is 0 Å². The molecule has 3 rings (SSSR count). The molecule has 0 aliphatic rings. The number of nitriles is 1. The van der Waals surface area contributed by atoms with Crippen LogP contribution in [0.4, 0.5) is 11.5 Å². The summed E-state index contributed by atoms with van der Waals surface area (Å²) in [5.74, 6) is 1.30. The van der Waals surface area contributed by atoms with Crippen LogP contribution in [-0.4, -0.2) is 19.9 Å². The van der Waals surface area contributed by atoms with Gasteiger partial charge >= 0.3 is 5.69 Å². The molecule has 2 N–H and O–H groups in total. The van der Waals surface area contributed by atoms with E-state index >= 15 is 0 Å². The Morgan fingerprint density at radius 1 is 1.24 bits per heavy atom. The predicted molar refractivity (Wildman–Crippen MR) is 92.9 cm³/mol. The molecule has 3 aromatic rings. The Morgan fingerprint density at radius 2 is 2.00 bits per heavy atom. The molecule has 2 heterocycles. The van der Waals surface area contributed by atoms with Gasteiger partial charge in [-0.05, 0) is 24.1 Å². The van der Waals surface area contributed by atoms with Gasteiger partial charge in [0.2, 0.25) is 5.69 Å². The summed E-state index contributed by atoms with van der Waals surface area (Å²) >= 11 is 0. The van der Waals surface area contributed by atoms with Crippen molar-refractivity contribution in [1.82, 2.24) is 15.0 Å². The van der Waals surface area contributed by atoms with Crippen LogP contribution >= 0.6 is 0 Å². The van der Waals surface area contributed by atoms with Gasteiger partial charge in [-0.3, -0.25) is 10.1 Å². The van der Waals surface area contributed by atoms with Crippen molar-refractivity contribution >= 4 is 22.5 Å². The van der Waals surface area contributed by atoms with Gasteiger partial charge in [-0.2, -0.15) is 5.26 Å². The molecule has 0 amide bonds. The van der Waals surface area contributed by atoms with Crippen molar-refractivity contribution in [3.8, 4) is 6.07 Å². The molecule has 2 aromatic heterocycles. The van der Waals surface area contributed by atoms with Gasteiger partial charge in [-0.1, -0.05) is 26.0 Å². The number of anilines is 1. The maximum Gasteiger partial charge on any atom is 0.305 e. The van der Waals surface area contributed by atoms with Crippen LogP contribution in [0.2, 0.25) is 0 Å². The zero-order chi connectivity index (χ0) is 18.0. The number of nitro groups is 1. The molecule has 0 radical (unpaired) electrons. The van der Waals surface area contributed by atoms with E-state index in [2.05, 4.69) is 20.3 Å². The zero-order valence-electron chi connectivity index (χ0n) is 13.7. The van der Waals surface area contributed by atoms with Crippen molar-refractivity contribution in [2.75, 3.05) is 5.32 Å². The van der Waals surface area contributed by atoms with Crippen LogP contribution in [0.25, 0.3) is 11.0 Å². The molecule has 0 bridgehead atoms. The Balaban J connectivity index is 1.95. The molecule has 0 saturated heterocycles. The third kappa shape index (κ3) is 3.26. The first kappa shape index (κ1) is 16.4. The third-order valence-electron chi connectivity index (χ3n) is 3.85. The van der Waals surface area contributed by atoms with Crippen molar-refractivity contribution in [1.29, 1.82) is 5.26 Å². The lowest BCUT2D eigenvalue weighted by molar-refractivity contribution is -0.385. The van der Waals surface area contributed by atoms with Gasteiger partial charge in [-0.15, -0.1) is 0 Å². The first-order chi connectivity index (χ1) is 12.0. The minimum absolute atomic E-state index is 0.170. The van der Waals surface area contributed by atoms with E-state index in [9.17, 15) is 10.1 Å². The maximum atomic E-state index is 10.9. The molecule has 0 aliphatic heterocycles. The van der Waals surface area contributed by atoms with Crippen molar-refractivity contribution in [3.63, 3.8) is 0 Å². The summed E-state index contributed by atoms with van der Waals surface area (Å²) in [6.07, 6.45) is 0. The fourth-order valence-electron chi connectivity index (χ4n) is 2.59. The van der Waals surface area contributed by atoms with Gasteiger partial charge in [0.1, 0.15) is 17.7 Å². The minimum Gasteiger partial charge on any atom is -0.360 e. The summed E-state index contributed by atoms with van der Waals surface area (Å²) in [6, 6.07) is 12.1. The second-order valence-electron chi connectivity index (χ2n) is 5.94. The Labute approximate surface area is 143 Å². The highest BCUT2D eigenvalue weighted by Crippen LogP contribution is 2.27. The van der Waals surface area contributed by atoms with Crippen LogP contribution in [-0.2, 0) is 0 Å². The topological polar surface area (TPSA) is 121 Å². The molecule has 0 aliphatic carbocycles. The van der Waals surface area contributed by atoms with Gasteiger partial charge in [0.05, 0.1) is 22.0 Å². The molecule has 8 heteroatoms. The van der Waals surface area contributed by atoms with E-state index < -0.39 is 4.92 Å². The second kappa shape index (κ2) is 6.57. The Hall–Kier alpha value is -3.47. The number of hydrogen-bond acceptors (Lipinski definition) is 6. The first-order valence-corrected chi connectivity index (χ1v) is 7.76. The quantitative estimate of drug-likeness (QED) is 0.543. The molecule has 0 fully saturated rings. The van der Waals surface area contributed by atoms with Crippen LogP contribution in [0.3, 0.4) is 0 Å². The van der Waals surface area contributed by atoms with Gasteiger partial charge in [0.15, 0.2) is 0 Å². The number of imidazole rings is 1. The van der Waals surface area contributed by atoms with E-state index in [0.29, 0.717) is 5.82 Å².